The molecule has 2 rings (SSSR count). The van der Waals surface area contributed by atoms with Gasteiger partial charge < -0.3 is 4.74 Å². The Balaban J connectivity index is 2.09. The first-order valence-corrected chi connectivity index (χ1v) is 6.46. The monoisotopic (exact) mass is 273 g/mol. The summed E-state index contributed by atoms with van der Waals surface area (Å²) in [4.78, 5) is 16.0. The van der Waals surface area contributed by atoms with Crippen LogP contribution in [0.15, 0.2) is 30.3 Å². The Morgan fingerprint density at radius 2 is 1.95 bits per heavy atom. The summed E-state index contributed by atoms with van der Waals surface area (Å²) in [6.45, 7) is 7.43. The largest absolute Gasteiger partial charge is 0.443 e. The molecule has 20 heavy (non-hydrogen) atoms. The molecule has 1 amide bonds. The number of fused-ring (bicyclic) bond motifs is 1. The SMILES string of the molecule is Cc1cc(NNC(=O)OC(C)(C)C)nc2ccccc12. The Kier molecular flexibility index (Phi) is 3.79. The van der Waals surface area contributed by atoms with Crippen molar-refractivity contribution in [2.75, 3.05) is 5.43 Å². The van der Waals surface area contributed by atoms with Gasteiger partial charge in [-0.1, -0.05) is 18.2 Å². The number of nitrogens with zero attached hydrogens (tertiary/aromatic N) is 1. The van der Waals surface area contributed by atoms with Gasteiger partial charge in [0.15, 0.2) is 0 Å². The molecule has 0 spiro atoms. The Morgan fingerprint density at radius 3 is 2.65 bits per heavy atom. The first-order valence-electron chi connectivity index (χ1n) is 6.46. The van der Waals surface area contributed by atoms with Crippen LogP contribution in [0.5, 0.6) is 0 Å². The Bertz CT molecular complexity index is 633. The molecule has 106 valence electrons. The van der Waals surface area contributed by atoms with Crippen molar-refractivity contribution in [1.82, 2.24) is 10.4 Å². The molecule has 0 bridgehead atoms. The number of pyridine rings is 1. The molecule has 1 heterocycles. The fourth-order valence-corrected chi connectivity index (χ4v) is 1.83. The zero-order valence-corrected chi connectivity index (χ0v) is 12.2. The van der Waals surface area contributed by atoms with Crippen LogP contribution in [0, 0.1) is 6.92 Å². The van der Waals surface area contributed by atoms with Gasteiger partial charge in [0.2, 0.25) is 0 Å². The van der Waals surface area contributed by atoms with Crippen molar-refractivity contribution in [3.63, 3.8) is 0 Å². The van der Waals surface area contributed by atoms with Gasteiger partial charge >= 0.3 is 6.09 Å². The third-order valence-corrected chi connectivity index (χ3v) is 2.61. The van der Waals surface area contributed by atoms with Crippen molar-refractivity contribution in [3.8, 4) is 0 Å². The third kappa shape index (κ3) is 3.60. The standard InChI is InChI=1S/C15H19N3O2/c1-10-9-13(16-12-8-6-5-7-11(10)12)17-18-14(19)20-15(2,3)4/h5-9H,1-4H3,(H,16,17)(H,18,19). The second-order valence-electron chi connectivity index (χ2n) is 5.59. The van der Waals surface area contributed by atoms with E-state index in [1.165, 1.54) is 0 Å². The number of hydrazine groups is 1. The molecule has 0 aliphatic carbocycles. The van der Waals surface area contributed by atoms with E-state index in [0.29, 0.717) is 5.82 Å². The molecular weight excluding hydrogens is 254 g/mol. The number of carbonyl (C=O) groups is 1. The lowest BCUT2D eigenvalue weighted by atomic mass is 10.1. The summed E-state index contributed by atoms with van der Waals surface area (Å²) in [6.07, 6.45) is -0.537. The smallest absolute Gasteiger partial charge is 0.426 e. The average Bonchev–Trinajstić information content (AvgIpc) is 2.34. The molecule has 5 heteroatoms. The number of para-hydroxylation sites is 1. The number of amides is 1. The predicted molar refractivity (Wildman–Crippen MR) is 79.5 cm³/mol. The number of aromatic nitrogens is 1. The number of hydrogen-bond acceptors (Lipinski definition) is 4. The summed E-state index contributed by atoms with van der Waals surface area (Å²) < 4.78 is 5.14. The van der Waals surface area contributed by atoms with Crippen molar-refractivity contribution >= 4 is 22.8 Å². The highest BCUT2D eigenvalue weighted by Gasteiger charge is 2.15. The van der Waals surface area contributed by atoms with E-state index in [2.05, 4.69) is 15.8 Å². The van der Waals surface area contributed by atoms with E-state index in [4.69, 9.17) is 4.74 Å². The molecule has 1 aromatic carbocycles. The van der Waals surface area contributed by atoms with E-state index in [1.54, 1.807) is 0 Å². The Hall–Kier alpha value is -2.30. The van der Waals surface area contributed by atoms with Crippen molar-refractivity contribution in [1.29, 1.82) is 0 Å². The number of nitrogens with one attached hydrogen (secondary N) is 2. The van der Waals surface area contributed by atoms with Crippen molar-refractivity contribution in [2.45, 2.75) is 33.3 Å². The van der Waals surface area contributed by atoms with Crippen LogP contribution in [0.2, 0.25) is 0 Å². The van der Waals surface area contributed by atoms with E-state index in [0.717, 1.165) is 16.5 Å². The highest BCUT2D eigenvalue weighted by Crippen LogP contribution is 2.19. The molecule has 5 nitrogen and oxygen atoms in total. The molecular formula is C15H19N3O2. The van der Waals surface area contributed by atoms with Gasteiger partial charge in [0.05, 0.1) is 5.52 Å². The fraction of sp³-hybridized carbons (Fsp3) is 0.333. The Morgan fingerprint density at radius 1 is 1.25 bits per heavy atom. The molecule has 0 radical (unpaired) electrons. The number of anilines is 1. The Labute approximate surface area is 118 Å². The average molecular weight is 273 g/mol. The van der Waals surface area contributed by atoms with Gasteiger partial charge in [-0.3, -0.25) is 5.43 Å². The lowest BCUT2D eigenvalue weighted by Gasteiger charge is -2.20. The minimum Gasteiger partial charge on any atom is -0.443 e. The number of rotatable bonds is 2. The molecule has 2 aromatic rings. The summed E-state index contributed by atoms with van der Waals surface area (Å²) in [7, 11) is 0. The highest BCUT2D eigenvalue weighted by molar-refractivity contribution is 5.83. The van der Waals surface area contributed by atoms with Crippen molar-refractivity contribution < 1.29 is 9.53 Å². The van der Waals surface area contributed by atoms with Gasteiger partial charge in [0, 0.05) is 5.39 Å². The molecule has 0 saturated carbocycles. The van der Waals surface area contributed by atoms with Crippen LogP contribution in [0.25, 0.3) is 10.9 Å². The lowest BCUT2D eigenvalue weighted by Crippen LogP contribution is -2.36. The molecule has 0 aliphatic heterocycles. The highest BCUT2D eigenvalue weighted by atomic mass is 16.6. The van der Waals surface area contributed by atoms with Crippen LogP contribution in [0.1, 0.15) is 26.3 Å². The summed E-state index contributed by atoms with van der Waals surface area (Å²) in [6, 6.07) is 9.73. The summed E-state index contributed by atoms with van der Waals surface area (Å²) in [5.41, 5.74) is 6.67. The van der Waals surface area contributed by atoms with E-state index in [1.807, 2.05) is 58.0 Å². The maximum atomic E-state index is 11.6. The predicted octanol–water partition coefficient (Wildman–Crippen LogP) is 3.39. The fourth-order valence-electron chi connectivity index (χ4n) is 1.83. The number of benzene rings is 1. The van der Waals surface area contributed by atoms with Crippen molar-refractivity contribution in [3.05, 3.63) is 35.9 Å². The third-order valence-electron chi connectivity index (χ3n) is 2.61. The van der Waals surface area contributed by atoms with Crippen LogP contribution in [0.3, 0.4) is 0 Å². The van der Waals surface area contributed by atoms with Crippen LogP contribution in [-0.4, -0.2) is 16.7 Å². The summed E-state index contributed by atoms with van der Waals surface area (Å²) in [5.74, 6) is 0.576. The zero-order chi connectivity index (χ0) is 14.8. The molecule has 0 atom stereocenters. The van der Waals surface area contributed by atoms with Gasteiger partial charge in [-0.25, -0.2) is 15.2 Å². The number of hydrogen-bond donors (Lipinski definition) is 2. The van der Waals surface area contributed by atoms with E-state index in [-0.39, 0.29) is 0 Å². The van der Waals surface area contributed by atoms with Gasteiger partial charge in [-0.05, 0) is 45.4 Å². The summed E-state index contributed by atoms with van der Waals surface area (Å²) in [5, 5.41) is 1.09. The van der Waals surface area contributed by atoms with Gasteiger partial charge in [0.1, 0.15) is 11.4 Å². The molecule has 0 unspecified atom stereocenters. The topological polar surface area (TPSA) is 63.2 Å². The van der Waals surface area contributed by atoms with E-state index < -0.39 is 11.7 Å². The molecule has 0 fully saturated rings. The summed E-state index contributed by atoms with van der Waals surface area (Å²) >= 11 is 0. The first-order chi connectivity index (χ1) is 9.35. The van der Waals surface area contributed by atoms with Gasteiger partial charge in [-0.2, -0.15) is 0 Å². The van der Waals surface area contributed by atoms with Crippen LogP contribution >= 0.6 is 0 Å². The van der Waals surface area contributed by atoms with Gasteiger partial charge in [-0.15, -0.1) is 0 Å². The maximum absolute atomic E-state index is 11.6. The molecule has 2 N–H and O–H groups in total. The van der Waals surface area contributed by atoms with Crippen molar-refractivity contribution in [2.24, 2.45) is 0 Å². The number of ether oxygens (including phenoxy) is 1. The molecule has 0 aliphatic rings. The second-order valence-corrected chi connectivity index (χ2v) is 5.59. The normalized spacial score (nSPS) is 11.2. The van der Waals surface area contributed by atoms with Gasteiger partial charge in [0.25, 0.3) is 0 Å². The number of aryl methyl sites for hydroxylation is 1. The van der Waals surface area contributed by atoms with Crippen LogP contribution in [0.4, 0.5) is 10.6 Å². The van der Waals surface area contributed by atoms with Crippen LogP contribution in [-0.2, 0) is 4.74 Å². The molecule has 1 aromatic heterocycles. The minimum atomic E-state index is -0.537. The first kappa shape index (κ1) is 14.1. The quantitative estimate of drug-likeness (QED) is 0.823. The van der Waals surface area contributed by atoms with Crippen LogP contribution < -0.4 is 10.9 Å². The maximum Gasteiger partial charge on any atom is 0.426 e. The molecule has 0 saturated heterocycles. The van der Waals surface area contributed by atoms with E-state index >= 15 is 0 Å². The number of carbonyl (C=O) groups excluding carboxylic acids is 1. The second kappa shape index (κ2) is 5.36. The lowest BCUT2D eigenvalue weighted by molar-refractivity contribution is 0.0541. The van der Waals surface area contributed by atoms with E-state index in [9.17, 15) is 4.79 Å². The zero-order valence-electron chi connectivity index (χ0n) is 12.2. The minimum absolute atomic E-state index is 0.529.